The third kappa shape index (κ3) is 5.00. The summed E-state index contributed by atoms with van der Waals surface area (Å²) in [6.07, 6.45) is 6.93. The monoisotopic (exact) mass is 328 g/mol. The zero-order valence-corrected chi connectivity index (χ0v) is 14.2. The molecular formula is C18H32O5. The molecule has 2 aliphatic rings. The molecule has 2 rings (SSSR count). The molecule has 23 heavy (non-hydrogen) atoms. The van der Waals surface area contributed by atoms with Gasteiger partial charge in [0.1, 0.15) is 6.10 Å². The van der Waals surface area contributed by atoms with Gasteiger partial charge < -0.3 is 24.8 Å². The number of aliphatic hydroxyl groups excluding tert-OH is 3. The molecular weight excluding hydrogens is 296 g/mol. The van der Waals surface area contributed by atoms with E-state index in [1.807, 2.05) is 13.0 Å². The average molecular weight is 328 g/mol. The maximum Gasteiger partial charge on any atom is 0.169 e. The molecule has 2 heterocycles. The van der Waals surface area contributed by atoms with Gasteiger partial charge in [0.2, 0.25) is 0 Å². The zero-order chi connectivity index (χ0) is 16.9. The molecule has 0 unspecified atom stereocenters. The Morgan fingerprint density at radius 1 is 1.26 bits per heavy atom. The van der Waals surface area contributed by atoms with Gasteiger partial charge in [0.25, 0.3) is 0 Å². The second-order valence-electron chi connectivity index (χ2n) is 7.15. The summed E-state index contributed by atoms with van der Waals surface area (Å²) in [6, 6.07) is 0. The van der Waals surface area contributed by atoms with Crippen LogP contribution in [-0.4, -0.2) is 52.1 Å². The number of hydrogen-bond donors (Lipinski definition) is 3. The molecule has 0 bridgehead atoms. The summed E-state index contributed by atoms with van der Waals surface area (Å²) in [6.45, 7) is 5.43. The number of ether oxygens (including phenoxy) is 2. The van der Waals surface area contributed by atoms with Crippen LogP contribution < -0.4 is 0 Å². The van der Waals surface area contributed by atoms with Gasteiger partial charge in [0, 0.05) is 12.8 Å². The van der Waals surface area contributed by atoms with Crippen LogP contribution in [0.5, 0.6) is 0 Å². The minimum atomic E-state index is -0.866. The zero-order valence-electron chi connectivity index (χ0n) is 14.2. The Bertz CT molecular complexity index is 370. The lowest BCUT2D eigenvalue weighted by molar-refractivity contribution is -0.298. The van der Waals surface area contributed by atoms with E-state index in [2.05, 4.69) is 6.58 Å². The Balaban J connectivity index is 1.84. The standard InChI is InChI=1S/C18H32O5/c1-3-4-5-6-14(20)11-15-8-10-18(22-15)9-7-13(2)17(23-18)16(21)12-19/h3,13-17,19-21H,1,4-12H2,2H3/t13-,14+,15+,16-,17-,18+/m1/s1. The maximum atomic E-state index is 10.1. The molecule has 1 spiro atoms. The Hall–Kier alpha value is -0.460. The fourth-order valence-electron chi connectivity index (χ4n) is 3.75. The Morgan fingerprint density at radius 2 is 2.00 bits per heavy atom. The first-order valence-corrected chi connectivity index (χ1v) is 8.93. The largest absolute Gasteiger partial charge is 0.394 e. The molecule has 0 aromatic carbocycles. The van der Waals surface area contributed by atoms with Crippen LogP contribution in [0.2, 0.25) is 0 Å². The van der Waals surface area contributed by atoms with Gasteiger partial charge in [-0.05, 0) is 44.4 Å². The number of unbranched alkanes of at least 4 members (excludes halogenated alkanes) is 1. The Kier molecular flexibility index (Phi) is 7.04. The van der Waals surface area contributed by atoms with Crippen molar-refractivity contribution in [2.24, 2.45) is 5.92 Å². The van der Waals surface area contributed by atoms with E-state index in [1.165, 1.54) is 0 Å². The second-order valence-corrected chi connectivity index (χ2v) is 7.15. The highest BCUT2D eigenvalue weighted by Gasteiger charge is 2.48. The highest BCUT2D eigenvalue weighted by atomic mass is 16.7. The van der Waals surface area contributed by atoms with E-state index in [4.69, 9.17) is 9.47 Å². The molecule has 6 atom stereocenters. The van der Waals surface area contributed by atoms with Crippen molar-refractivity contribution >= 4 is 0 Å². The van der Waals surface area contributed by atoms with Crippen molar-refractivity contribution in [3.05, 3.63) is 12.7 Å². The molecule has 5 heteroatoms. The quantitative estimate of drug-likeness (QED) is 0.470. The lowest BCUT2D eigenvalue weighted by Gasteiger charge is -2.43. The molecule has 134 valence electrons. The van der Waals surface area contributed by atoms with Gasteiger partial charge in [-0.3, -0.25) is 0 Å². The second kappa shape index (κ2) is 8.58. The van der Waals surface area contributed by atoms with Crippen molar-refractivity contribution in [2.45, 2.75) is 88.5 Å². The fourth-order valence-corrected chi connectivity index (χ4v) is 3.75. The van der Waals surface area contributed by atoms with Gasteiger partial charge in [-0.25, -0.2) is 0 Å². The highest BCUT2D eigenvalue weighted by molar-refractivity contribution is 4.90. The number of aliphatic hydroxyl groups is 3. The van der Waals surface area contributed by atoms with E-state index < -0.39 is 11.9 Å². The van der Waals surface area contributed by atoms with Crippen LogP contribution in [0.15, 0.2) is 12.7 Å². The minimum Gasteiger partial charge on any atom is -0.394 e. The summed E-state index contributed by atoms with van der Waals surface area (Å²) in [5.41, 5.74) is 0. The van der Waals surface area contributed by atoms with Crippen molar-refractivity contribution in [2.75, 3.05) is 6.61 Å². The summed E-state index contributed by atoms with van der Waals surface area (Å²) >= 11 is 0. The third-order valence-corrected chi connectivity index (χ3v) is 5.17. The predicted molar refractivity (Wildman–Crippen MR) is 87.9 cm³/mol. The average Bonchev–Trinajstić information content (AvgIpc) is 2.92. The third-order valence-electron chi connectivity index (χ3n) is 5.17. The van der Waals surface area contributed by atoms with Crippen LogP contribution in [0, 0.1) is 5.92 Å². The fraction of sp³-hybridized carbons (Fsp3) is 0.889. The number of allylic oxidation sites excluding steroid dienone is 1. The van der Waals surface area contributed by atoms with Crippen molar-refractivity contribution in [1.82, 2.24) is 0 Å². The molecule has 0 aliphatic carbocycles. The van der Waals surface area contributed by atoms with Gasteiger partial charge in [-0.15, -0.1) is 6.58 Å². The number of hydrogen-bond acceptors (Lipinski definition) is 5. The predicted octanol–water partition coefficient (Wildman–Crippen LogP) is 2.14. The van der Waals surface area contributed by atoms with Gasteiger partial charge in [0.15, 0.2) is 5.79 Å². The summed E-state index contributed by atoms with van der Waals surface area (Å²) in [5, 5.41) is 29.3. The summed E-state index contributed by atoms with van der Waals surface area (Å²) < 4.78 is 12.2. The normalized spacial score (nSPS) is 37.0. The van der Waals surface area contributed by atoms with E-state index in [1.54, 1.807) is 0 Å². The SMILES string of the molecule is C=CCCC[C@H](O)C[C@@H]1CC[C@@]2(CC[C@@H](C)[C@H]([C@H](O)CO)O2)O1. The van der Waals surface area contributed by atoms with E-state index in [0.29, 0.717) is 6.42 Å². The van der Waals surface area contributed by atoms with Gasteiger partial charge in [0.05, 0.1) is 24.9 Å². The molecule has 3 N–H and O–H groups in total. The first-order chi connectivity index (χ1) is 11.0. The molecule has 0 amide bonds. The molecule has 5 nitrogen and oxygen atoms in total. The van der Waals surface area contributed by atoms with Crippen molar-refractivity contribution in [3.63, 3.8) is 0 Å². The van der Waals surface area contributed by atoms with Crippen LogP contribution in [0.3, 0.4) is 0 Å². The lowest BCUT2D eigenvalue weighted by Crippen LogP contribution is -2.50. The first kappa shape index (κ1) is 18.9. The van der Waals surface area contributed by atoms with E-state index >= 15 is 0 Å². The summed E-state index contributed by atoms with van der Waals surface area (Å²) in [7, 11) is 0. The van der Waals surface area contributed by atoms with Crippen molar-refractivity contribution in [3.8, 4) is 0 Å². The Labute approximate surface area is 139 Å². The van der Waals surface area contributed by atoms with Crippen LogP contribution in [0.4, 0.5) is 0 Å². The minimum absolute atomic E-state index is 0.00839. The van der Waals surface area contributed by atoms with Crippen LogP contribution in [0.1, 0.15) is 58.3 Å². The maximum absolute atomic E-state index is 10.1. The van der Waals surface area contributed by atoms with Crippen LogP contribution >= 0.6 is 0 Å². The van der Waals surface area contributed by atoms with Gasteiger partial charge >= 0.3 is 0 Å². The molecule has 0 aromatic heterocycles. The molecule has 0 radical (unpaired) electrons. The molecule has 2 fully saturated rings. The van der Waals surface area contributed by atoms with Crippen molar-refractivity contribution in [1.29, 1.82) is 0 Å². The topological polar surface area (TPSA) is 79.2 Å². The summed E-state index contributed by atoms with van der Waals surface area (Å²) in [4.78, 5) is 0. The van der Waals surface area contributed by atoms with Crippen LogP contribution in [-0.2, 0) is 9.47 Å². The van der Waals surface area contributed by atoms with E-state index in [-0.39, 0.29) is 30.8 Å². The number of rotatable bonds is 8. The molecule has 0 aromatic rings. The lowest BCUT2D eigenvalue weighted by atomic mass is 9.88. The van der Waals surface area contributed by atoms with Gasteiger partial charge in [-0.1, -0.05) is 13.0 Å². The van der Waals surface area contributed by atoms with Gasteiger partial charge in [-0.2, -0.15) is 0 Å². The smallest absolute Gasteiger partial charge is 0.169 e. The van der Waals surface area contributed by atoms with Crippen molar-refractivity contribution < 1.29 is 24.8 Å². The molecule has 2 aliphatic heterocycles. The van der Waals surface area contributed by atoms with Crippen LogP contribution in [0.25, 0.3) is 0 Å². The van der Waals surface area contributed by atoms with E-state index in [0.717, 1.165) is 44.9 Å². The first-order valence-electron chi connectivity index (χ1n) is 8.93. The summed E-state index contributed by atoms with van der Waals surface area (Å²) in [5.74, 6) is -0.436. The molecule has 2 saturated heterocycles. The van der Waals surface area contributed by atoms with E-state index in [9.17, 15) is 15.3 Å². The molecule has 0 saturated carbocycles. The highest BCUT2D eigenvalue weighted by Crippen LogP contribution is 2.44. The Morgan fingerprint density at radius 3 is 2.70 bits per heavy atom.